The Balaban J connectivity index is 2.90. The van der Waals surface area contributed by atoms with Crippen LogP contribution >= 0.6 is 0 Å². The third-order valence-electron chi connectivity index (χ3n) is 3.26. The number of carboxylic acid groups (broad SMARTS) is 1. The maximum Gasteiger partial charge on any atom is 0.317 e. The van der Waals surface area contributed by atoms with E-state index in [4.69, 9.17) is 5.11 Å². The minimum Gasteiger partial charge on any atom is -0.480 e. The lowest BCUT2D eigenvalue weighted by molar-refractivity contribution is -0.139. The zero-order chi connectivity index (χ0) is 13.0. The van der Waals surface area contributed by atoms with Crippen molar-refractivity contribution in [3.63, 3.8) is 0 Å². The largest absolute Gasteiger partial charge is 0.480 e. The van der Waals surface area contributed by atoms with E-state index in [1.54, 1.807) is 10.9 Å². The van der Waals surface area contributed by atoms with Gasteiger partial charge < -0.3 is 5.11 Å². The first-order valence-corrected chi connectivity index (χ1v) is 5.92. The number of aryl methyl sites for hydroxylation is 1. The maximum absolute atomic E-state index is 10.9. The first-order valence-electron chi connectivity index (χ1n) is 5.92. The van der Waals surface area contributed by atoms with E-state index in [0.29, 0.717) is 0 Å². The molecule has 0 saturated heterocycles. The Hall–Kier alpha value is -1.36. The molecule has 0 bridgehead atoms. The van der Waals surface area contributed by atoms with Crippen LogP contribution in [0.5, 0.6) is 0 Å². The molecular formula is C12H21N3O2. The molecule has 2 atom stereocenters. The molecule has 1 N–H and O–H groups in total. The summed E-state index contributed by atoms with van der Waals surface area (Å²) in [5, 5.41) is 13.1. The van der Waals surface area contributed by atoms with Crippen LogP contribution in [-0.4, -0.2) is 38.3 Å². The van der Waals surface area contributed by atoms with Crippen LogP contribution in [0.1, 0.15) is 38.9 Å². The summed E-state index contributed by atoms with van der Waals surface area (Å²) in [4.78, 5) is 12.9. The summed E-state index contributed by atoms with van der Waals surface area (Å²) in [6.45, 7) is 6.19. The van der Waals surface area contributed by atoms with E-state index in [1.165, 1.54) is 0 Å². The molecule has 0 aliphatic heterocycles. The first-order chi connectivity index (χ1) is 7.97. The van der Waals surface area contributed by atoms with Crippen molar-refractivity contribution < 1.29 is 9.90 Å². The molecule has 0 amide bonds. The molecule has 5 heteroatoms. The van der Waals surface area contributed by atoms with Crippen molar-refractivity contribution >= 4 is 5.97 Å². The standard InChI is InChI=1S/C12H21N3O2/c1-5-9(2)15(8-12(16)17)10(3)11-6-7-13-14(11)4/h6-7,9-10H,5,8H2,1-4H3,(H,16,17). The molecular weight excluding hydrogens is 218 g/mol. The topological polar surface area (TPSA) is 58.4 Å². The molecule has 0 aromatic carbocycles. The van der Waals surface area contributed by atoms with Crippen LogP contribution in [-0.2, 0) is 11.8 Å². The number of hydrogen-bond donors (Lipinski definition) is 1. The molecule has 1 aromatic heterocycles. The Morgan fingerprint density at radius 1 is 1.59 bits per heavy atom. The second-order valence-electron chi connectivity index (χ2n) is 4.38. The molecule has 2 unspecified atom stereocenters. The van der Waals surface area contributed by atoms with Crippen molar-refractivity contribution in [3.05, 3.63) is 18.0 Å². The van der Waals surface area contributed by atoms with Crippen LogP contribution in [0, 0.1) is 0 Å². The third kappa shape index (κ3) is 3.30. The van der Waals surface area contributed by atoms with Gasteiger partial charge in [0.1, 0.15) is 0 Å². The summed E-state index contributed by atoms with van der Waals surface area (Å²) in [5.74, 6) is -0.792. The first kappa shape index (κ1) is 13.7. The quantitative estimate of drug-likeness (QED) is 0.820. The molecule has 0 fully saturated rings. The molecule has 5 nitrogen and oxygen atoms in total. The van der Waals surface area contributed by atoms with Crippen molar-refractivity contribution in [3.8, 4) is 0 Å². The van der Waals surface area contributed by atoms with Gasteiger partial charge in [-0.15, -0.1) is 0 Å². The smallest absolute Gasteiger partial charge is 0.317 e. The summed E-state index contributed by atoms with van der Waals surface area (Å²) >= 11 is 0. The highest BCUT2D eigenvalue weighted by molar-refractivity contribution is 5.69. The molecule has 96 valence electrons. The van der Waals surface area contributed by atoms with E-state index in [2.05, 4.69) is 18.9 Å². The van der Waals surface area contributed by atoms with Crippen LogP contribution in [0.3, 0.4) is 0 Å². The Labute approximate surface area is 102 Å². The lowest BCUT2D eigenvalue weighted by Gasteiger charge is -2.32. The summed E-state index contributed by atoms with van der Waals surface area (Å²) in [6, 6.07) is 2.21. The van der Waals surface area contributed by atoms with Gasteiger partial charge in [-0.1, -0.05) is 6.92 Å². The van der Waals surface area contributed by atoms with Gasteiger partial charge in [0.25, 0.3) is 0 Å². The van der Waals surface area contributed by atoms with E-state index in [9.17, 15) is 4.79 Å². The van der Waals surface area contributed by atoms with Crippen LogP contribution < -0.4 is 0 Å². The maximum atomic E-state index is 10.9. The zero-order valence-corrected chi connectivity index (χ0v) is 10.9. The SMILES string of the molecule is CCC(C)N(CC(=O)O)C(C)c1ccnn1C. The molecule has 1 rings (SSSR count). The number of aromatic nitrogens is 2. The lowest BCUT2D eigenvalue weighted by Crippen LogP contribution is -2.39. The average Bonchev–Trinajstić information content (AvgIpc) is 2.70. The fraction of sp³-hybridized carbons (Fsp3) is 0.667. The van der Waals surface area contributed by atoms with Crippen LogP contribution in [0.25, 0.3) is 0 Å². The van der Waals surface area contributed by atoms with E-state index in [1.807, 2.05) is 24.9 Å². The number of aliphatic carboxylic acids is 1. The number of rotatable bonds is 6. The fourth-order valence-electron chi connectivity index (χ4n) is 2.03. The van der Waals surface area contributed by atoms with E-state index >= 15 is 0 Å². The predicted molar refractivity (Wildman–Crippen MR) is 65.7 cm³/mol. The number of carboxylic acids is 1. The third-order valence-corrected chi connectivity index (χ3v) is 3.26. The van der Waals surface area contributed by atoms with Gasteiger partial charge in [0, 0.05) is 25.3 Å². The lowest BCUT2D eigenvalue weighted by atomic mass is 10.1. The van der Waals surface area contributed by atoms with Crippen LogP contribution in [0.15, 0.2) is 12.3 Å². The normalized spacial score (nSPS) is 14.9. The van der Waals surface area contributed by atoms with Gasteiger partial charge in [0.2, 0.25) is 0 Å². The van der Waals surface area contributed by atoms with Gasteiger partial charge in [-0.25, -0.2) is 0 Å². The highest BCUT2D eigenvalue weighted by atomic mass is 16.4. The van der Waals surface area contributed by atoms with Gasteiger partial charge in [-0.3, -0.25) is 14.4 Å². The van der Waals surface area contributed by atoms with Gasteiger partial charge in [-0.2, -0.15) is 5.10 Å². The zero-order valence-electron chi connectivity index (χ0n) is 10.9. The Morgan fingerprint density at radius 2 is 2.24 bits per heavy atom. The molecule has 0 aliphatic carbocycles. The van der Waals surface area contributed by atoms with Gasteiger partial charge in [-0.05, 0) is 26.3 Å². The summed E-state index contributed by atoms with van der Waals surface area (Å²) in [5.41, 5.74) is 1.03. The number of nitrogens with zero attached hydrogens (tertiary/aromatic N) is 3. The van der Waals surface area contributed by atoms with Crippen molar-refractivity contribution in [1.29, 1.82) is 0 Å². The monoisotopic (exact) mass is 239 g/mol. The van der Waals surface area contributed by atoms with Crippen molar-refractivity contribution in [2.24, 2.45) is 7.05 Å². The van der Waals surface area contributed by atoms with E-state index < -0.39 is 5.97 Å². The van der Waals surface area contributed by atoms with Crippen LogP contribution in [0.4, 0.5) is 0 Å². The minimum atomic E-state index is -0.792. The minimum absolute atomic E-state index is 0.0496. The molecule has 0 radical (unpaired) electrons. The van der Waals surface area contributed by atoms with E-state index in [-0.39, 0.29) is 18.6 Å². The van der Waals surface area contributed by atoms with Crippen LogP contribution in [0.2, 0.25) is 0 Å². The van der Waals surface area contributed by atoms with Gasteiger partial charge in [0.15, 0.2) is 0 Å². The fourth-order valence-corrected chi connectivity index (χ4v) is 2.03. The Kier molecular flexibility index (Phi) is 4.69. The summed E-state index contributed by atoms with van der Waals surface area (Å²) in [6.07, 6.45) is 2.66. The summed E-state index contributed by atoms with van der Waals surface area (Å²) < 4.78 is 1.79. The highest BCUT2D eigenvalue weighted by Gasteiger charge is 2.24. The van der Waals surface area contributed by atoms with Gasteiger partial charge in [0.05, 0.1) is 12.2 Å². The van der Waals surface area contributed by atoms with E-state index in [0.717, 1.165) is 12.1 Å². The second kappa shape index (κ2) is 5.82. The van der Waals surface area contributed by atoms with Crippen molar-refractivity contribution in [2.75, 3.05) is 6.54 Å². The number of hydrogen-bond acceptors (Lipinski definition) is 3. The highest BCUT2D eigenvalue weighted by Crippen LogP contribution is 2.22. The Bertz CT molecular complexity index is 376. The molecule has 0 saturated carbocycles. The average molecular weight is 239 g/mol. The summed E-state index contributed by atoms with van der Waals surface area (Å²) in [7, 11) is 1.88. The molecule has 0 aliphatic rings. The van der Waals surface area contributed by atoms with Crippen molar-refractivity contribution in [2.45, 2.75) is 39.3 Å². The molecule has 17 heavy (non-hydrogen) atoms. The van der Waals surface area contributed by atoms with Crippen molar-refractivity contribution in [1.82, 2.24) is 14.7 Å². The molecule has 1 aromatic rings. The predicted octanol–water partition coefficient (Wildman–Crippen LogP) is 1.67. The second-order valence-corrected chi connectivity index (χ2v) is 4.38. The number of carbonyl (C=O) groups is 1. The Morgan fingerprint density at radius 3 is 2.65 bits per heavy atom. The molecule has 0 spiro atoms. The van der Waals surface area contributed by atoms with Gasteiger partial charge >= 0.3 is 5.97 Å². The molecule has 1 heterocycles.